The number of nitrogens with zero attached hydrogens (tertiary/aromatic N) is 6. The number of thioether (sulfide) groups is 1. The Bertz CT molecular complexity index is 1690. The minimum Gasteiger partial charge on any atom is -0.448 e. The summed E-state index contributed by atoms with van der Waals surface area (Å²) in [6.45, 7) is 3.28. The van der Waals surface area contributed by atoms with Crippen LogP contribution in [0.2, 0.25) is 5.22 Å². The number of aromatic nitrogens is 6. The summed E-state index contributed by atoms with van der Waals surface area (Å²) in [5.41, 5.74) is 2.36. The second kappa shape index (κ2) is 8.28. The third kappa shape index (κ3) is 3.52. The quantitative estimate of drug-likeness (QED) is 0.352. The fourth-order valence-corrected chi connectivity index (χ4v) is 7.30. The molecular formula is C23H21ClN6O3S2. The predicted octanol–water partition coefficient (Wildman–Crippen LogP) is 3.82. The Kier molecular flexibility index (Phi) is 5.31. The minimum atomic E-state index is -0.375. The molecule has 2 atom stereocenters. The van der Waals surface area contributed by atoms with E-state index in [0.717, 1.165) is 33.2 Å². The number of imidazole rings is 1. The second-order valence-electron chi connectivity index (χ2n) is 8.61. The first-order valence-electron chi connectivity index (χ1n) is 10.9. The Morgan fingerprint density at radius 2 is 2.06 bits per heavy atom. The van der Waals surface area contributed by atoms with E-state index in [9.17, 15) is 9.59 Å². The molecule has 0 aromatic carbocycles. The van der Waals surface area contributed by atoms with E-state index in [2.05, 4.69) is 9.55 Å². The zero-order valence-electron chi connectivity index (χ0n) is 19.1. The Labute approximate surface area is 212 Å². The Morgan fingerprint density at radius 3 is 2.71 bits per heavy atom. The smallest absolute Gasteiger partial charge is 0.331 e. The predicted molar refractivity (Wildman–Crippen MR) is 137 cm³/mol. The number of rotatable bonds is 4. The molecule has 9 nitrogen and oxygen atoms in total. The SMILES string of the molecule is Cc1csc(-c2c3c(=O)n(C)c(=O)n(C)c3c3n2C[C@H](Cn2ccnc2)S[C@@H]3c2ccc(Cl)o2)n1. The molecule has 6 heterocycles. The van der Waals surface area contributed by atoms with Crippen molar-refractivity contribution >= 4 is 45.6 Å². The lowest BCUT2D eigenvalue weighted by molar-refractivity contribution is 0.497. The van der Waals surface area contributed by atoms with Crippen molar-refractivity contribution in [3.8, 4) is 10.7 Å². The van der Waals surface area contributed by atoms with Crippen molar-refractivity contribution in [2.75, 3.05) is 0 Å². The molecule has 0 saturated carbocycles. The van der Waals surface area contributed by atoms with Crippen molar-refractivity contribution in [2.45, 2.75) is 30.5 Å². The van der Waals surface area contributed by atoms with Crippen molar-refractivity contribution in [3.05, 3.63) is 79.4 Å². The molecule has 0 aliphatic carbocycles. The van der Waals surface area contributed by atoms with Crippen molar-refractivity contribution in [1.82, 2.24) is 28.2 Å². The van der Waals surface area contributed by atoms with E-state index in [1.165, 1.54) is 18.4 Å². The Morgan fingerprint density at radius 1 is 1.23 bits per heavy atom. The number of halogens is 1. The fraction of sp³-hybridized carbons (Fsp3) is 0.304. The lowest BCUT2D eigenvalue weighted by atomic mass is 10.2. The van der Waals surface area contributed by atoms with E-state index in [1.807, 2.05) is 29.1 Å². The molecule has 35 heavy (non-hydrogen) atoms. The van der Waals surface area contributed by atoms with Gasteiger partial charge in [-0.1, -0.05) is 0 Å². The van der Waals surface area contributed by atoms with Gasteiger partial charge in [-0.2, -0.15) is 0 Å². The molecular weight excluding hydrogens is 508 g/mol. The van der Waals surface area contributed by atoms with Gasteiger partial charge in [-0.25, -0.2) is 14.8 Å². The zero-order chi connectivity index (χ0) is 24.4. The molecule has 0 fully saturated rings. The molecule has 5 aromatic rings. The van der Waals surface area contributed by atoms with Gasteiger partial charge in [0.25, 0.3) is 5.56 Å². The number of aryl methyl sites for hydroxylation is 2. The van der Waals surface area contributed by atoms with Crippen LogP contribution in [0.5, 0.6) is 0 Å². The van der Waals surface area contributed by atoms with Crippen LogP contribution in [-0.2, 0) is 27.2 Å². The Hall–Kier alpha value is -3.02. The van der Waals surface area contributed by atoms with Gasteiger partial charge in [0.2, 0.25) is 0 Å². The number of thiazole rings is 1. The molecule has 0 spiro atoms. The highest BCUT2D eigenvalue weighted by Crippen LogP contribution is 2.49. The normalized spacial score (nSPS) is 17.8. The highest BCUT2D eigenvalue weighted by atomic mass is 35.5. The van der Waals surface area contributed by atoms with Crippen LogP contribution in [0.4, 0.5) is 0 Å². The largest absolute Gasteiger partial charge is 0.448 e. The first-order chi connectivity index (χ1) is 16.8. The number of furan rings is 1. The van der Waals surface area contributed by atoms with Crippen LogP contribution < -0.4 is 11.2 Å². The average molecular weight is 529 g/mol. The van der Waals surface area contributed by atoms with Crippen LogP contribution in [0.15, 0.2) is 50.2 Å². The molecule has 1 aliphatic rings. The molecule has 12 heteroatoms. The van der Waals surface area contributed by atoms with Crippen LogP contribution in [0, 0.1) is 6.92 Å². The molecule has 5 aromatic heterocycles. The monoisotopic (exact) mass is 528 g/mol. The maximum Gasteiger partial charge on any atom is 0.331 e. The Balaban J connectivity index is 1.69. The van der Waals surface area contributed by atoms with Crippen molar-refractivity contribution in [3.63, 3.8) is 0 Å². The van der Waals surface area contributed by atoms with E-state index >= 15 is 0 Å². The van der Waals surface area contributed by atoms with Crippen LogP contribution in [-0.4, -0.2) is 33.5 Å². The summed E-state index contributed by atoms with van der Waals surface area (Å²) < 4.78 is 12.8. The van der Waals surface area contributed by atoms with Crippen LogP contribution >= 0.6 is 34.7 Å². The van der Waals surface area contributed by atoms with Crippen LogP contribution in [0.25, 0.3) is 21.6 Å². The van der Waals surface area contributed by atoms with Gasteiger partial charge in [-0.3, -0.25) is 13.9 Å². The zero-order valence-corrected chi connectivity index (χ0v) is 21.5. The molecule has 0 bridgehead atoms. The van der Waals surface area contributed by atoms with E-state index in [-0.39, 0.29) is 21.7 Å². The molecule has 0 radical (unpaired) electrons. The molecule has 0 amide bonds. The van der Waals surface area contributed by atoms with Gasteiger partial charge in [0.15, 0.2) is 5.22 Å². The van der Waals surface area contributed by atoms with Crippen molar-refractivity contribution in [2.24, 2.45) is 14.1 Å². The molecule has 0 N–H and O–H groups in total. The maximum atomic E-state index is 13.6. The molecule has 180 valence electrons. The van der Waals surface area contributed by atoms with Gasteiger partial charge in [-0.05, 0) is 30.7 Å². The first-order valence-corrected chi connectivity index (χ1v) is 13.1. The van der Waals surface area contributed by atoms with Crippen LogP contribution in [0.3, 0.4) is 0 Å². The summed E-state index contributed by atoms with van der Waals surface area (Å²) >= 11 is 9.39. The van der Waals surface area contributed by atoms with Gasteiger partial charge in [-0.15, -0.1) is 23.1 Å². The maximum absolute atomic E-state index is 13.6. The van der Waals surface area contributed by atoms with E-state index < -0.39 is 0 Å². The topological polar surface area (TPSA) is 92.8 Å². The molecule has 1 aliphatic heterocycles. The first kappa shape index (κ1) is 22.4. The number of hydrogen-bond donors (Lipinski definition) is 0. The van der Waals surface area contributed by atoms with Crippen LogP contribution in [0.1, 0.15) is 22.4 Å². The van der Waals surface area contributed by atoms with E-state index in [0.29, 0.717) is 28.4 Å². The molecule has 0 saturated heterocycles. The fourth-order valence-electron chi connectivity index (χ4n) is 4.79. The van der Waals surface area contributed by atoms with Gasteiger partial charge in [0.1, 0.15) is 16.0 Å². The average Bonchev–Trinajstić information content (AvgIpc) is 3.63. The minimum absolute atomic E-state index is 0.132. The lowest BCUT2D eigenvalue weighted by Crippen LogP contribution is -2.37. The van der Waals surface area contributed by atoms with E-state index in [1.54, 1.807) is 42.0 Å². The van der Waals surface area contributed by atoms with Gasteiger partial charge in [0, 0.05) is 55.9 Å². The second-order valence-corrected chi connectivity index (χ2v) is 11.2. The summed E-state index contributed by atoms with van der Waals surface area (Å²) in [5, 5.41) is 3.36. The summed E-state index contributed by atoms with van der Waals surface area (Å²) in [4.78, 5) is 35.5. The standard InChI is InChI=1S/C23H21ClN6O3S2/c1-12-10-34-21(26-12)18-16-17(27(2)23(32)28(3)22(16)31)19-20(14-4-5-15(24)33-14)35-13(9-30(18)19)8-29-7-6-25-11-29/h4-7,10-11,13,20H,8-9H2,1-3H3/t13-,20+/m0/s1. The number of fused-ring (bicyclic) bond motifs is 3. The molecule has 6 rings (SSSR count). The third-order valence-corrected chi connectivity index (χ3v) is 8.90. The highest BCUT2D eigenvalue weighted by Gasteiger charge is 2.38. The van der Waals surface area contributed by atoms with Crippen molar-refractivity contribution in [1.29, 1.82) is 0 Å². The van der Waals surface area contributed by atoms with Gasteiger partial charge in [0.05, 0.1) is 28.6 Å². The number of hydrogen-bond acceptors (Lipinski definition) is 7. The van der Waals surface area contributed by atoms with Gasteiger partial charge >= 0.3 is 5.69 Å². The summed E-state index contributed by atoms with van der Waals surface area (Å²) in [6.07, 6.45) is 5.49. The summed E-state index contributed by atoms with van der Waals surface area (Å²) in [7, 11) is 3.22. The molecule has 0 unspecified atom stereocenters. The summed E-state index contributed by atoms with van der Waals surface area (Å²) in [5.74, 6) is 0.672. The third-order valence-electron chi connectivity index (χ3n) is 6.32. The lowest BCUT2D eigenvalue weighted by Gasteiger charge is -2.31. The summed E-state index contributed by atoms with van der Waals surface area (Å²) in [6, 6.07) is 3.57. The van der Waals surface area contributed by atoms with Gasteiger partial charge < -0.3 is 13.6 Å². The van der Waals surface area contributed by atoms with Crippen molar-refractivity contribution < 1.29 is 4.42 Å². The van der Waals surface area contributed by atoms with E-state index in [4.69, 9.17) is 21.0 Å². The highest BCUT2D eigenvalue weighted by molar-refractivity contribution is 8.00.